The van der Waals surface area contributed by atoms with Crippen molar-refractivity contribution in [1.29, 1.82) is 0 Å². The molecule has 10 nitrogen and oxygen atoms in total. The molecule has 210 valence electrons. The number of amides is 1. The molecule has 2 aromatic carbocycles. The number of hydrogen-bond acceptors (Lipinski definition) is 6. The number of imidazole rings is 1. The van der Waals surface area contributed by atoms with Crippen LogP contribution in [0.1, 0.15) is 29.9 Å². The molecule has 41 heavy (non-hydrogen) atoms. The molecule has 0 unspecified atom stereocenters. The van der Waals surface area contributed by atoms with Gasteiger partial charge in [-0.25, -0.2) is 9.78 Å². The SMILES string of the molecule is Cn1c(=O)c2c(nc(-c3ccccc3Cl)n2-c2ccc(Cl)cc2)n(Cc2ccc(C(=O)NCC(C)(C)O)cn2)c1=O. The fourth-order valence-electron chi connectivity index (χ4n) is 4.33. The van der Waals surface area contributed by atoms with Crippen LogP contribution < -0.4 is 16.6 Å². The fraction of sp³-hybridized carbons (Fsp3) is 0.207. The lowest BCUT2D eigenvalue weighted by Gasteiger charge is -2.17. The molecule has 0 saturated carbocycles. The second-order valence-corrected chi connectivity index (χ2v) is 11.0. The van der Waals surface area contributed by atoms with E-state index in [1.54, 1.807) is 79.1 Å². The monoisotopic (exact) mass is 592 g/mol. The Hall–Kier alpha value is -4.25. The van der Waals surface area contributed by atoms with E-state index < -0.39 is 16.9 Å². The van der Waals surface area contributed by atoms with Gasteiger partial charge in [-0.1, -0.05) is 35.3 Å². The van der Waals surface area contributed by atoms with E-state index >= 15 is 0 Å². The molecule has 3 heterocycles. The van der Waals surface area contributed by atoms with Crippen molar-refractivity contribution in [1.82, 2.24) is 29.0 Å². The first-order valence-corrected chi connectivity index (χ1v) is 13.4. The van der Waals surface area contributed by atoms with E-state index in [-0.39, 0.29) is 30.2 Å². The van der Waals surface area contributed by atoms with Crippen molar-refractivity contribution >= 4 is 40.3 Å². The Morgan fingerprint density at radius 3 is 2.37 bits per heavy atom. The molecular weight excluding hydrogens is 567 g/mol. The largest absolute Gasteiger partial charge is 0.389 e. The summed E-state index contributed by atoms with van der Waals surface area (Å²) < 4.78 is 4.04. The minimum Gasteiger partial charge on any atom is -0.389 e. The third kappa shape index (κ3) is 5.67. The molecule has 2 N–H and O–H groups in total. The Labute approximate surface area is 244 Å². The van der Waals surface area contributed by atoms with Crippen molar-refractivity contribution in [3.63, 3.8) is 0 Å². The molecule has 0 fully saturated rings. The number of carbonyl (C=O) groups is 1. The lowest BCUT2D eigenvalue weighted by Crippen LogP contribution is -2.39. The van der Waals surface area contributed by atoms with Crippen LogP contribution in [-0.2, 0) is 13.6 Å². The normalized spacial score (nSPS) is 11.7. The Kier molecular flexibility index (Phi) is 7.56. The van der Waals surface area contributed by atoms with Gasteiger partial charge in [-0.3, -0.25) is 28.3 Å². The van der Waals surface area contributed by atoms with Crippen LogP contribution in [-0.4, -0.2) is 46.8 Å². The Morgan fingerprint density at radius 1 is 1.02 bits per heavy atom. The molecule has 0 saturated heterocycles. The lowest BCUT2D eigenvalue weighted by atomic mass is 10.1. The van der Waals surface area contributed by atoms with Gasteiger partial charge in [-0.2, -0.15) is 0 Å². The van der Waals surface area contributed by atoms with E-state index in [1.165, 1.54) is 17.8 Å². The average molecular weight is 593 g/mol. The predicted octanol–water partition coefficient (Wildman–Crippen LogP) is 3.80. The number of aliphatic hydroxyl groups is 1. The van der Waals surface area contributed by atoms with Crippen molar-refractivity contribution in [2.75, 3.05) is 6.54 Å². The number of fused-ring (bicyclic) bond motifs is 1. The van der Waals surface area contributed by atoms with E-state index in [0.717, 1.165) is 4.57 Å². The number of nitrogens with zero attached hydrogens (tertiary/aromatic N) is 5. The number of halogens is 2. The molecule has 0 bridgehead atoms. The highest BCUT2D eigenvalue weighted by Crippen LogP contribution is 2.32. The van der Waals surface area contributed by atoms with Crippen molar-refractivity contribution in [2.24, 2.45) is 7.05 Å². The summed E-state index contributed by atoms with van der Waals surface area (Å²) in [5.74, 6) is -0.0184. The van der Waals surface area contributed by atoms with Crippen LogP contribution in [0, 0.1) is 0 Å². The van der Waals surface area contributed by atoms with E-state index in [2.05, 4.69) is 10.3 Å². The second kappa shape index (κ2) is 11.0. The van der Waals surface area contributed by atoms with Gasteiger partial charge in [-0.15, -0.1) is 0 Å². The highest BCUT2D eigenvalue weighted by atomic mass is 35.5. The maximum atomic E-state index is 13.5. The second-order valence-electron chi connectivity index (χ2n) is 10.2. The van der Waals surface area contributed by atoms with Gasteiger partial charge < -0.3 is 10.4 Å². The molecule has 0 aliphatic carbocycles. The molecule has 3 aromatic heterocycles. The first-order chi connectivity index (χ1) is 19.4. The number of carbonyl (C=O) groups excluding carboxylic acids is 1. The molecule has 12 heteroatoms. The summed E-state index contributed by atoms with van der Waals surface area (Å²) in [4.78, 5) is 48.5. The lowest BCUT2D eigenvalue weighted by molar-refractivity contribution is 0.0694. The average Bonchev–Trinajstić information content (AvgIpc) is 3.34. The summed E-state index contributed by atoms with van der Waals surface area (Å²) >= 11 is 12.7. The standard InChI is InChI=1S/C29H26Cl2N6O4/c1-29(2,41)16-33-26(38)17-8-11-19(32-14-17)15-36-25-23(27(39)35(3)28(36)40)37(20-12-9-18(30)10-13-20)24(34-25)21-6-4-5-7-22(21)31/h4-14,41H,15-16H2,1-3H3,(H,33,38). The van der Waals surface area contributed by atoms with E-state index in [0.29, 0.717) is 38.4 Å². The summed E-state index contributed by atoms with van der Waals surface area (Å²) in [7, 11) is 1.40. The van der Waals surface area contributed by atoms with Gasteiger partial charge in [0.25, 0.3) is 11.5 Å². The number of hydrogen-bond donors (Lipinski definition) is 2. The molecule has 0 aliphatic heterocycles. The van der Waals surface area contributed by atoms with Crippen LogP contribution in [0.4, 0.5) is 0 Å². The number of benzene rings is 2. The zero-order chi connectivity index (χ0) is 29.5. The van der Waals surface area contributed by atoms with E-state index in [4.69, 9.17) is 28.2 Å². The van der Waals surface area contributed by atoms with Gasteiger partial charge >= 0.3 is 5.69 Å². The van der Waals surface area contributed by atoms with Crippen LogP contribution in [0.3, 0.4) is 0 Å². The fourth-order valence-corrected chi connectivity index (χ4v) is 4.67. The molecule has 5 rings (SSSR count). The van der Waals surface area contributed by atoms with Gasteiger partial charge in [0.1, 0.15) is 5.82 Å². The highest BCUT2D eigenvalue weighted by molar-refractivity contribution is 6.33. The van der Waals surface area contributed by atoms with Gasteiger partial charge in [-0.05, 0) is 62.4 Å². The molecule has 0 aliphatic rings. The third-order valence-corrected chi connectivity index (χ3v) is 7.01. The molecule has 0 atom stereocenters. The molecular formula is C29H26Cl2N6O4. The molecule has 0 radical (unpaired) electrons. The number of nitrogens with one attached hydrogen (secondary N) is 1. The van der Waals surface area contributed by atoms with Crippen molar-refractivity contribution < 1.29 is 9.90 Å². The van der Waals surface area contributed by atoms with Crippen LogP contribution >= 0.6 is 23.2 Å². The van der Waals surface area contributed by atoms with Gasteiger partial charge in [0, 0.05) is 36.1 Å². The zero-order valence-electron chi connectivity index (χ0n) is 22.4. The maximum absolute atomic E-state index is 13.5. The van der Waals surface area contributed by atoms with E-state index in [1.807, 2.05) is 0 Å². The molecule has 1 amide bonds. The third-order valence-electron chi connectivity index (χ3n) is 6.43. The van der Waals surface area contributed by atoms with Gasteiger partial charge in [0.2, 0.25) is 0 Å². The van der Waals surface area contributed by atoms with E-state index in [9.17, 15) is 19.5 Å². The highest BCUT2D eigenvalue weighted by Gasteiger charge is 2.24. The van der Waals surface area contributed by atoms with Gasteiger partial charge in [0.05, 0.1) is 28.4 Å². The van der Waals surface area contributed by atoms with Gasteiger partial charge in [0.15, 0.2) is 11.2 Å². The number of aromatic nitrogens is 5. The predicted molar refractivity (Wildman–Crippen MR) is 158 cm³/mol. The topological polar surface area (TPSA) is 124 Å². The minimum atomic E-state index is -1.06. The zero-order valence-corrected chi connectivity index (χ0v) is 23.9. The Bertz CT molecular complexity index is 1890. The van der Waals surface area contributed by atoms with Crippen molar-refractivity contribution in [2.45, 2.75) is 26.0 Å². The summed E-state index contributed by atoms with van der Waals surface area (Å²) in [5.41, 5.74) is 0.0853. The summed E-state index contributed by atoms with van der Waals surface area (Å²) in [5, 5.41) is 13.5. The summed E-state index contributed by atoms with van der Waals surface area (Å²) in [6.07, 6.45) is 1.39. The Morgan fingerprint density at radius 2 is 1.73 bits per heavy atom. The first kappa shape index (κ1) is 28.3. The first-order valence-electron chi connectivity index (χ1n) is 12.6. The van der Waals surface area contributed by atoms with Crippen LogP contribution in [0.15, 0.2) is 76.4 Å². The Balaban J connectivity index is 1.65. The summed E-state index contributed by atoms with van der Waals surface area (Å²) in [6.45, 7) is 3.23. The number of pyridine rings is 1. The minimum absolute atomic E-state index is 0.0192. The van der Waals surface area contributed by atoms with Crippen LogP contribution in [0.2, 0.25) is 10.0 Å². The molecule has 5 aromatic rings. The maximum Gasteiger partial charge on any atom is 0.332 e. The van der Waals surface area contributed by atoms with Crippen LogP contribution in [0.25, 0.3) is 28.2 Å². The quantitative estimate of drug-likeness (QED) is 0.296. The number of rotatable bonds is 7. The van der Waals surface area contributed by atoms with Crippen LogP contribution in [0.5, 0.6) is 0 Å². The smallest absolute Gasteiger partial charge is 0.332 e. The molecule has 0 spiro atoms. The van der Waals surface area contributed by atoms with Crippen molar-refractivity contribution in [3.8, 4) is 17.1 Å². The summed E-state index contributed by atoms with van der Waals surface area (Å²) in [6, 6.07) is 17.2. The van der Waals surface area contributed by atoms with Crippen molar-refractivity contribution in [3.05, 3.63) is 109 Å².